The molecule has 1 N–H and O–H groups in total. The largest absolute Gasteiger partial charge is 0.376 e. The average Bonchev–Trinajstić information content (AvgIpc) is 2.35. The summed E-state index contributed by atoms with van der Waals surface area (Å²) >= 11 is 0. The molecule has 0 radical (unpaired) electrons. The van der Waals surface area contributed by atoms with Gasteiger partial charge in [-0.2, -0.15) is 0 Å². The molecule has 1 aromatic rings. The van der Waals surface area contributed by atoms with Crippen molar-refractivity contribution in [3.63, 3.8) is 0 Å². The van der Waals surface area contributed by atoms with E-state index < -0.39 is 30.6 Å². The van der Waals surface area contributed by atoms with Crippen molar-refractivity contribution in [3.05, 3.63) is 39.9 Å². The fraction of sp³-hybridized carbons (Fsp3) is 0.538. The smallest absolute Gasteiger partial charge is 0.363 e. The normalized spacial score (nSPS) is 13.7. The maximum absolute atomic E-state index is 12.8. The zero-order valence-electron chi connectivity index (χ0n) is 12.4. The van der Waals surface area contributed by atoms with Crippen molar-refractivity contribution in [2.45, 2.75) is 45.7 Å². The Balaban J connectivity index is 3.16. The summed E-state index contributed by atoms with van der Waals surface area (Å²) in [6, 6.07) is 5.29. The summed E-state index contributed by atoms with van der Waals surface area (Å²) in [4.78, 5) is 10.2. The first-order valence-corrected chi connectivity index (χ1v) is 8.16. The molecule has 118 valence electrons. The summed E-state index contributed by atoms with van der Waals surface area (Å²) in [7, 11) is -3.86. The summed E-state index contributed by atoms with van der Waals surface area (Å²) in [5.74, 6) is -1.58. The molecule has 0 fully saturated rings. The summed E-state index contributed by atoms with van der Waals surface area (Å²) in [6.07, 6.45) is -0.856. The molecule has 8 heteroatoms. The molecule has 0 bridgehead atoms. The zero-order chi connectivity index (χ0) is 16.2. The van der Waals surface area contributed by atoms with Gasteiger partial charge in [0.25, 0.3) is 5.69 Å². The maximum Gasteiger partial charge on any atom is 0.363 e. The maximum atomic E-state index is 12.8. The molecule has 0 aliphatic heterocycles. The van der Waals surface area contributed by atoms with Gasteiger partial charge in [0.2, 0.25) is 0 Å². The van der Waals surface area contributed by atoms with Crippen LogP contribution in [0.5, 0.6) is 0 Å². The van der Waals surface area contributed by atoms with Crippen molar-refractivity contribution in [1.29, 1.82) is 0 Å². The molecule has 1 rings (SSSR count). The second kappa shape index (κ2) is 7.13. The Labute approximate surface area is 123 Å². The van der Waals surface area contributed by atoms with Crippen molar-refractivity contribution in [3.8, 4) is 0 Å². The molecular formula is C13H20NO6P. The van der Waals surface area contributed by atoms with Gasteiger partial charge >= 0.3 is 7.60 Å². The molecule has 0 saturated heterocycles. The summed E-state index contributed by atoms with van der Waals surface area (Å²) in [5, 5.41) is 21.1. The number of rotatable bonds is 7. The van der Waals surface area contributed by atoms with Gasteiger partial charge in [0, 0.05) is 12.1 Å². The molecule has 0 aliphatic rings. The summed E-state index contributed by atoms with van der Waals surface area (Å²) < 4.78 is 23.3. The molecule has 21 heavy (non-hydrogen) atoms. The van der Waals surface area contributed by atoms with Crippen LogP contribution in [0.4, 0.5) is 5.69 Å². The number of aliphatic hydroxyl groups excluding tert-OH is 1. The van der Waals surface area contributed by atoms with Gasteiger partial charge in [-0.3, -0.25) is 14.7 Å². The van der Waals surface area contributed by atoms with E-state index in [-0.39, 0.29) is 11.3 Å². The standard InChI is InChI=1S/C13H20NO6P/c1-9(2)19-21(18,20-10(3)4)13(15)11-6-5-7-12(8-11)14(16)17/h5-10,13,15H,1-4H3/t13-/m1/s1. The lowest BCUT2D eigenvalue weighted by molar-refractivity contribution is -0.385. The van der Waals surface area contributed by atoms with E-state index in [0.717, 1.165) is 6.07 Å². The minimum atomic E-state index is -3.86. The highest BCUT2D eigenvalue weighted by Gasteiger charge is 2.38. The molecule has 1 atom stereocenters. The summed E-state index contributed by atoms with van der Waals surface area (Å²) in [6.45, 7) is 6.65. The fourth-order valence-electron chi connectivity index (χ4n) is 1.71. The summed E-state index contributed by atoms with van der Waals surface area (Å²) in [5.41, 5.74) is -0.0824. The van der Waals surface area contributed by atoms with Crippen LogP contribution in [0.25, 0.3) is 0 Å². The third-order valence-corrected chi connectivity index (χ3v) is 4.72. The lowest BCUT2D eigenvalue weighted by atomic mass is 10.2. The second-order valence-corrected chi connectivity index (χ2v) is 7.06. The molecular weight excluding hydrogens is 297 g/mol. The predicted molar refractivity (Wildman–Crippen MR) is 78.1 cm³/mol. The number of hydrogen-bond acceptors (Lipinski definition) is 6. The first kappa shape index (κ1) is 17.8. The number of non-ortho nitro benzene ring substituents is 1. The van der Waals surface area contributed by atoms with Crippen molar-refractivity contribution < 1.29 is 23.6 Å². The lowest BCUT2D eigenvalue weighted by Gasteiger charge is -2.26. The Hall–Kier alpha value is -1.27. The minimum Gasteiger partial charge on any atom is -0.376 e. The Kier molecular flexibility index (Phi) is 6.04. The molecule has 0 unspecified atom stereocenters. The van der Waals surface area contributed by atoms with Crippen molar-refractivity contribution >= 4 is 13.3 Å². The average molecular weight is 317 g/mol. The number of benzene rings is 1. The Morgan fingerprint density at radius 2 is 1.71 bits per heavy atom. The van der Waals surface area contributed by atoms with E-state index in [1.807, 2.05) is 0 Å². The predicted octanol–water partition coefficient (Wildman–Crippen LogP) is 3.63. The fourth-order valence-corrected chi connectivity index (χ4v) is 3.69. The molecule has 0 aliphatic carbocycles. The van der Waals surface area contributed by atoms with Gasteiger partial charge in [-0.25, -0.2) is 0 Å². The highest BCUT2D eigenvalue weighted by molar-refractivity contribution is 7.54. The SMILES string of the molecule is CC(C)OP(=O)(OC(C)C)[C@@H](O)c1cccc([N+](=O)[O-])c1. The highest BCUT2D eigenvalue weighted by atomic mass is 31.2. The third-order valence-electron chi connectivity index (χ3n) is 2.39. The quantitative estimate of drug-likeness (QED) is 0.468. The van der Waals surface area contributed by atoms with E-state index in [4.69, 9.17) is 9.05 Å². The first-order valence-electron chi connectivity index (χ1n) is 6.54. The van der Waals surface area contributed by atoms with Crippen molar-refractivity contribution in [2.24, 2.45) is 0 Å². The van der Waals surface area contributed by atoms with Gasteiger partial charge in [0.15, 0.2) is 5.85 Å². The van der Waals surface area contributed by atoms with Gasteiger partial charge < -0.3 is 14.2 Å². The molecule has 0 aromatic heterocycles. The van der Waals surface area contributed by atoms with Gasteiger partial charge in [0.05, 0.1) is 17.1 Å². The topological polar surface area (TPSA) is 98.9 Å². The minimum absolute atomic E-state index is 0.119. The van der Waals surface area contributed by atoms with E-state index in [1.165, 1.54) is 18.2 Å². The lowest BCUT2D eigenvalue weighted by Crippen LogP contribution is -2.13. The number of nitrogens with zero attached hydrogens (tertiary/aromatic N) is 1. The monoisotopic (exact) mass is 317 g/mol. The Morgan fingerprint density at radius 3 is 2.14 bits per heavy atom. The van der Waals surface area contributed by atoms with Crippen molar-refractivity contribution in [1.82, 2.24) is 0 Å². The van der Waals surface area contributed by atoms with Crippen LogP contribution in [0.2, 0.25) is 0 Å². The van der Waals surface area contributed by atoms with Gasteiger partial charge in [-0.05, 0) is 33.3 Å². The number of hydrogen-bond donors (Lipinski definition) is 1. The van der Waals surface area contributed by atoms with Crippen molar-refractivity contribution in [2.75, 3.05) is 0 Å². The third kappa shape index (κ3) is 4.89. The molecule has 7 nitrogen and oxygen atoms in total. The van der Waals surface area contributed by atoms with E-state index >= 15 is 0 Å². The van der Waals surface area contributed by atoms with Crippen LogP contribution >= 0.6 is 7.60 Å². The molecule has 0 heterocycles. The molecule has 0 spiro atoms. The van der Waals surface area contributed by atoms with Crippen LogP contribution in [0.1, 0.15) is 39.1 Å². The highest BCUT2D eigenvalue weighted by Crippen LogP contribution is 2.61. The number of aliphatic hydroxyl groups is 1. The van der Waals surface area contributed by atoms with Crippen LogP contribution in [0.3, 0.4) is 0 Å². The van der Waals surface area contributed by atoms with E-state index in [9.17, 15) is 19.8 Å². The van der Waals surface area contributed by atoms with Crippen LogP contribution in [-0.4, -0.2) is 22.2 Å². The van der Waals surface area contributed by atoms with Crippen LogP contribution in [-0.2, 0) is 13.6 Å². The van der Waals surface area contributed by atoms with E-state index in [0.29, 0.717) is 0 Å². The van der Waals surface area contributed by atoms with E-state index in [1.54, 1.807) is 27.7 Å². The van der Waals surface area contributed by atoms with Crippen LogP contribution in [0.15, 0.2) is 24.3 Å². The molecule has 0 amide bonds. The molecule has 1 aromatic carbocycles. The Bertz CT molecular complexity index is 531. The van der Waals surface area contributed by atoms with Gasteiger partial charge in [-0.1, -0.05) is 12.1 Å². The van der Waals surface area contributed by atoms with Crippen LogP contribution in [0, 0.1) is 10.1 Å². The number of nitro groups is 1. The Morgan fingerprint density at radius 1 is 1.19 bits per heavy atom. The zero-order valence-corrected chi connectivity index (χ0v) is 13.3. The first-order chi connectivity index (χ1) is 9.65. The number of nitro benzene ring substituents is 1. The van der Waals surface area contributed by atoms with Crippen LogP contribution < -0.4 is 0 Å². The van der Waals surface area contributed by atoms with Gasteiger partial charge in [0.1, 0.15) is 0 Å². The molecule has 0 saturated carbocycles. The van der Waals surface area contributed by atoms with Gasteiger partial charge in [-0.15, -0.1) is 0 Å². The second-order valence-electron chi connectivity index (χ2n) is 5.07. The van der Waals surface area contributed by atoms with E-state index in [2.05, 4.69) is 0 Å².